The highest BCUT2D eigenvalue weighted by Gasteiger charge is 2.13. The van der Waals surface area contributed by atoms with Gasteiger partial charge in [0.25, 0.3) is 5.91 Å². The van der Waals surface area contributed by atoms with Gasteiger partial charge >= 0.3 is 5.97 Å². The van der Waals surface area contributed by atoms with Crippen LogP contribution >= 0.6 is 0 Å². The average Bonchev–Trinajstić information content (AvgIpc) is 2.77. The number of fused-ring (bicyclic) bond motifs is 1. The van der Waals surface area contributed by atoms with Gasteiger partial charge in [-0.05, 0) is 42.0 Å². The van der Waals surface area contributed by atoms with Gasteiger partial charge in [-0.1, -0.05) is 36.4 Å². The van der Waals surface area contributed by atoms with Gasteiger partial charge in [-0.25, -0.2) is 10.2 Å². The molecule has 30 heavy (non-hydrogen) atoms. The summed E-state index contributed by atoms with van der Waals surface area (Å²) in [5.41, 5.74) is 3.48. The Balaban J connectivity index is 1.72. The Hall–Kier alpha value is -3.87. The van der Waals surface area contributed by atoms with E-state index >= 15 is 0 Å². The third-order valence-electron chi connectivity index (χ3n) is 4.25. The van der Waals surface area contributed by atoms with E-state index in [1.165, 1.54) is 13.3 Å². The monoisotopic (exact) mass is 406 g/mol. The lowest BCUT2D eigenvalue weighted by atomic mass is 10.1. The Labute approximate surface area is 174 Å². The van der Waals surface area contributed by atoms with Crippen LogP contribution in [-0.4, -0.2) is 38.4 Å². The van der Waals surface area contributed by atoms with Crippen molar-refractivity contribution in [2.75, 3.05) is 20.3 Å². The molecule has 7 nitrogen and oxygen atoms in total. The van der Waals surface area contributed by atoms with Crippen molar-refractivity contribution in [3.05, 3.63) is 71.8 Å². The zero-order valence-electron chi connectivity index (χ0n) is 16.8. The largest absolute Gasteiger partial charge is 0.496 e. The van der Waals surface area contributed by atoms with Crippen LogP contribution in [0.5, 0.6) is 11.5 Å². The number of para-hydroxylation sites is 1. The summed E-state index contributed by atoms with van der Waals surface area (Å²) < 4.78 is 15.7. The molecule has 0 aliphatic heterocycles. The molecule has 0 saturated carbocycles. The minimum atomic E-state index is -0.457. The molecule has 0 spiro atoms. The molecule has 154 valence electrons. The van der Waals surface area contributed by atoms with E-state index in [-0.39, 0.29) is 13.2 Å². The minimum absolute atomic E-state index is 0.209. The maximum atomic E-state index is 12.6. The lowest BCUT2D eigenvalue weighted by Gasteiger charge is -2.10. The van der Waals surface area contributed by atoms with Gasteiger partial charge in [0.15, 0.2) is 6.61 Å². The Kier molecular flexibility index (Phi) is 7.00. The third-order valence-corrected chi connectivity index (χ3v) is 4.25. The predicted molar refractivity (Wildman–Crippen MR) is 114 cm³/mol. The van der Waals surface area contributed by atoms with Crippen LogP contribution in [0.2, 0.25) is 0 Å². The van der Waals surface area contributed by atoms with Crippen molar-refractivity contribution in [1.82, 2.24) is 5.43 Å². The maximum Gasteiger partial charge on any atom is 0.344 e. The van der Waals surface area contributed by atoms with Crippen molar-refractivity contribution in [2.45, 2.75) is 6.92 Å². The second kappa shape index (κ2) is 10.1. The van der Waals surface area contributed by atoms with E-state index in [1.807, 2.05) is 30.3 Å². The molecular formula is C23H22N2O5. The van der Waals surface area contributed by atoms with Gasteiger partial charge in [0, 0.05) is 5.56 Å². The molecule has 0 aliphatic rings. The number of esters is 1. The van der Waals surface area contributed by atoms with Gasteiger partial charge in [0.05, 0.1) is 25.5 Å². The van der Waals surface area contributed by atoms with E-state index in [0.717, 1.165) is 10.8 Å². The molecule has 0 heterocycles. The minimum Gasteiger partial charge on any atom is -0.496 e. The number of nitrogens with zero attached hydrogens (tertiary/aromatic N) is 1. The highest BCUT2D eigenvalue weighted by molar-refractivity contribution is 6.02. The van der Waals surface area contributed by atoms with Crippen molar-refractivity contribution in [3.63, 3.8) is 0 Å². The lowest BCUT2D eigenvalue weighted by molar-refractivity contribution is -0.145. The Morgan fingerprint density at radius 2 is 1.70 bits per heavy atom. The molecule has 0 fully saturated rings. The second-order valence-electron chi connectivity index (χ2n) is 6.23. The van der Waals surface area contributed by atoms with Crippen LogP contribution < -0.4 is 14.9 Å². The van der Waals surface area contributed by atoms with E-state index in [0.29, 0.717) is 22.6 Å². The summed E-state index contributed by atoms with van der Waals surface area (Å²) in [6.45, 7) is 1.81. The SMILES string of the molecule is CCOC(=O)COc1ccccc1/C=N\NC(=O)c1cc2ccccc2cc1OC. The van der Waals surface area contributed by atoms with E-state index in [4.69, 9.17) is 14.2 Å². The Bertz CT molecular complexity index is 1080. The average molecular weight is 406 g/mol. The summed E-state index contributed by atoms with van der Waals surface area (Å²) in [5, 5.41) is 5.92. The van der Waals surface area contributed by atoms with E-state index in [2.05, 4.69) is 10.5 Å². The molecular weight excluding hydrogens is 384 g/mol. The van der Waals surface area contributed by atoms with Crippen molar-refractivity contribution in [3.8, 4) is 11.5 Å². The van der Waals surface area contributed by atoms with Crippen molar-refractivity contribution in [2.24, 2.45) is 5.10 Å². The van der Waals surface area contributed by atoms with Crippen LogP contribution in [0.4, 0.5) is 0 Å². The number of nitrogens with one attached hydrogen (secondary N) is 1. The van der Waals surface area contributed by atoms with E-state index in [1.54, 1.807) is 37.3 Å². The summed E-state index contributed by atoms with van der Waals surface area (Å²) >= 11 is 0. The Morgan fingerprint density at radius 3 is 2.43 bits per heavy atom. The van der Waals surface area contributed by atoms with Gasteiger partial charge in [-0.15, -0.1) is 0 Å². The molecule has 0 unspecified atom stereocenters. The van der Waals surface area contributed by atoms with Crippen molar-refractivity contribution >= 4 is 28.9 Å². The smallest absolute Gasteiger partial charge is 0.344 e. The summed E-state index contributed by atoms with van der Waals surface area (Å²) in [6, 6.07) is 18.3. The van der Waals surface area contributed by atoms with Crippen LogP contribution in [0.25, 0.3) is 10.8 Å². The van der Waals surface area contributed by atoms with E-state index < -0.39 is 11.9 Å². The first-order chi connectivity index (χ1) is 14.6. The molecule has 7 heteroatoms. The standard InChI is InChI=1S/C23H22N2O5/c1-3-29-22(26)15-30-20-11-7-6-10-18(20)14-24-25-23(27)19-12-16-8-4-5-9-17(16)13-21(19)28-2/h4-14H,3,15H2,1-2H3,(H,25,27)/b24-14-. The number of hydrogen-bond donors (Lipinski definition) is 1. The third kappa shape index (κ3) is 5.14. The number of hydrogen-bond acceptors (Lipinski definition) is 6. The topological polar surface area (TPSA) is 86.2 Å². The molecule has 0 saturated heterocycles. The molecule has 0 bridgehead atoms. The first-order valence-corrected chi connectivity index (χ1v) is 9.40. The molecule has 3 aromatic carbocycles. The quantitative estimate of drug-likeness (QED) is 0.351. The molecule has 0 radical (unpaired) electrons. The fraction of sp³-hybridized carbons (Fsp3) is 0.174. The van der Waals surface area contributed by atoms with Crippen LogP contribution in [0, 0.1) is 0 Å². The molecule has 1 N–H and O–H groups in total. The van der Waals surface area contributed by atoms with Gasteiger partial charge in [-0.2, -0.15) is 5.10 Å². The number of methoxy groups -OCH3 is 1. The summed E-state index contributed by atoms with van der Waals surface area (Å²) in [5.74, 6) is 0.0473. The number of rotatable bonds is 8. The molecule has 0 aliphatic carbocycles. The molecule has 1 amide bonds. The molecule has 3 aromatic rings. The first-order valence-electron chi connectivity index (χ1n) is 9.40. The maximum absolute atomic E-state index is 12.6. The zero-order chi connectivity index (χ0) is 21.3. The molecule has 3 rings (SSSR count). The van der Waals surface area contributed by atoms with Crippen molar-refractivity contribution in [1.29, 1.82) is 0 Å². The predicted octanol–water partition coefficient (Wildman–Crippen LogP) is 3.55. The number of carbonyl (C=O) groups excluding carboxylic acids is 2. The number of amides is 1. The van der Waals surface area contributed by atoms with Gasteiger partial charge in [0.1, 0.15) is 11.5 Å². The first kappa shape index (κ1) is 20.9. The van der Waals surface area contributed by atoms with Crippen LogP contribution in [-0.2, 0) is 9.53 Å². The summed E-state index contributed by atoms with van der Waals surface area (Å²) in [6.07, 6.45) is 1.45. The number of benzene rings is 3. The van der Waals surface area contributed by atoms with Crippen LogP contribution in [0.15, 0.2) is 65.8 Å². The fourth-order valence-corrected chi connectivity index (χ4v) is 2.84. The highest BCUT2D eigenvalue weighted by Crippen LogP contribution is 2.26. The number of ether oxygens (including phenoxy) is 3. The van der Waals surface area contributed by atoms with Gasteiger partial charge < -0.3 is 14.2 Å². The fourth-order valence-electron chi connectivity index (χ4n) is 2.84. The van der Waals surface area contributed by atoms with Crippen molar-refractivity contribution < 1.29 is 23.8 Å². The normalized spacial score (nSPS) is 10.7. The number of hydrazone groups is 1. The highest BCUT2D eigenvalue weighted by atomic mass is 16.6. The molecule has 0 atom stereocenters. The zero-order valence-corrected chi connectivity index (χ0v) is 16.8. The molecule has 0 aromatic heterocycles. The van der Waals surface area contributed by atoms with E-state index in [9.17, 15) is 9.59 Å². The van der Waals surface area contributed by atoms with Gasteiger partial charge in [0.2, 0.25) is 0 Å². The second-order valence-corrected chi connectivity index (χ2v) is 6.23. The summed E-state index contributed by atoms with van der Waals surface area (Å²) in [7, 11) is 1.52. The summed E-state index contributed by atoms with van der Waals surface area (Å²) in [4.78, 5) is 24.1. The van der Waals surface area contributed by atoms with Gasteiger partial charge in [-0.3, -0.25) is 4.79 Å². The van der Waals surface area contributed by atoms with Crippen LogP contribution in [0.3, 0.4) is 0 Å². The van der Waals surface area contributed by atoms with Crippen LogP contribution in [0.1, 0.15) is 22.8 Å². The number of carbonyl (C=O) groups is 2. The Morgan fingerprint density at radius 1 is 1.00 bits per heavy atom. The lowest BCUT2D eigenvalue weighted by Crippen LogP contribution is -2.19.